The molecule has 4 heterocycles. The topological polar surface area (TPSA) is 148 Å². The molecular formula is C42H64N2O10Si. The molecule has 6 rings (SSSR count). The van der Waals surface area contributed by atoms with Gasteiger partial charge in [0.15, 0.2) is 5.79 Å². The van der Waals surface area contributed by atoms with Gasteiger partial charge in [-0.3, -0.25) is 4.79 Å². The van der Waals surface area contributed by atoms with E-state index in [1.165, 1.54) is 19.3 Å². The first-order valence-electron chi connectivity index (χ1n) is 20.5. The van der Waals surface area contributed by atoms with Gasteiger partial charge in [-0.05, 0) is 86.2 Å². The summed E-state index contributed by atoms with van der Waals surface area (Å²) in [5, 5.41) is 28.3. The molecule has 0 radical (unpaired) electrons. The van der Waals surface area contributed by atoms with E-state index in [1.807, 2.05) is 26.8 Å². The number of esters is 1. The molecule has 6 aliphatic rings. The van der Waals surface area contributed by atoms with Gasteiger partial charge in [0.05, 0.1) is 18.8 Å². The molecule has 4 fully saturated rings. The Balaban J connectivity index is 1.40. The van der Waals surface area contributed by atoms with Crippen molar-refractivity contribution in [3.63, 3.8) is 0 Å². The van der Waals surface area contributed by atoms with Crippen molar-refractivity contribution in [2.24, 2.45) is 28.8 Å². The van der Waals surface area contributed by atoms with Crippen molar-refractivity contribution in [2.45, 2.75) is 173 Å². The highest BCUT2D eigenvalue weighted by atomic mass is 28.4. The maximum absolute atomic E-state index is 14.6. The molecule has 10 atom stereocenters. The van der Waals surface area contributed by atoms with Gasteiger partial charge in [-0.2, -0.15) is 0 Å². The summed E-state index contributed by atoms with van der Waals surface area (Å²) in [6.45, 7) is 18.4. The lowest BCUT2D eigenvalue weighted by atomic mass is 9.71. The monoisotopic (exact) mass is 784 g/mol. The number of aliphatic hydroxyl groups is 1. The standard InChI is InChI=1S/C42H64N2O10Si/c1-26-14-13-17-31-25-49-38-35(43-54-55(8,9)40(5,6)7)29(4)22-34(42(31,38)46)39(45)50-33-23-32(19-18-27(2)36(26)53-44(47)48)51-41(24-33)21-20-28(3)37(52-41)30-15-11-10-12-16-30/h13-14,17-18,22,26,28,30,32-34,36-38,46H,10-12,15-16,19-21,23-25H2,1-9H3/b14-13+,27-18+,31-17+,43-35-/t26-,28-,32+,33-,34-,36+,37-,38+,41+,42+/m0/s1. The van der Waals surface area contributed by atoms with Crippen molar-refractivity contribution < 1.29 is 43.3 Å². The van der Waals surface area contributed by atoms with Gasteiger partial charge in [0.25, 0.3) is 13.4 Å². The molecule has 2 bridgehead atoms. The fraction of sp³-hybridized carbons (Fsp3) is 0.762. The molecule has 55 heavy (non-hydrogen) atoms. The summed E-state index contributed by atoms with van der Waals surface area (Å²) in [5.74, 6) is -2.15. The number of rotatable bonds is 5. The molecule has 1 N–H and O–H groups in total. The number of oxime groups is 1. The third-order valence-electron chi connectivity index (χ3n) is 13.6. The molecule has 13 heteroatoms. The van der Waals surface area contributed by atoms with E-state index in [9.17, 15) is 20.0 Å². The van der Waals surface area contributed by atoms with Crippen LogP contribution in [0.3, 0.4) is 0 Å². The Morgan fingerprint density at radius 2 is 1.80 bits per heavy atom. The Kier molecular flexibility index (Phi) is 12.3. The van der Waals surface area contributed by atoms with Gasteiger partial charge in [-0.1, -0.05) is 84.3 Å². The van der Waals surface area contributed by atoms with Crippen LogP contribution in [0.2, 0.25) is 18.1 Å². The number of nitrogens with zero attached hydrogens (tertiary/aromatic N) is 2. The van der Waals surface area contributed by atoms with Gasteiger partial charge in [-0.25, -0.2) is 0 Å². The Morgan fingerprint density at radius 1 is 1.07 bits per heavy atom. The molecule has 0 aromatic carbocycles. The first kappa shape index (κ1) is 41.8. The summed E-state index contributed by atoms with van der Waals surface area (Å²) in [4.78, 5) is 31.5. The lowest BCUT2D eigenvalue weighted by molar-refractivity contribution is -0.767. The summed E-state index contributed by atoms with van der Waals surface area (Å²) in [7, 11) is -2.34. The highest BCUT2D eigenvalue weighted by Gasteiger charge is 2.60. The SMILES string of the molecule is CC1=C[C@H]2C(=O)O[C@H]3C[C@@H](C/C=C(\C)[C@H](O[N+](=O)[O-])[C@@H](C)/C=C/C=C4\CO[C@H](/C1=N\O[Si](C)(C)C(C)(C)C)[C@@]42O)O[C@@]1(CC[C@H](C)[C@@H](C2CCCCC2)O1)C3. The Morgan fingerprint density at radius 3 is 2.49 bits per heavy atom. The third kappa shape index (κ3) is 8.71. The van der Waals surface area contributed by atoms with Crippen LogP contribution < -0.4 is 0 Å². The summed E-state index contributed by atoms with van der Waals surface area (Å²) in [5.41, 5.74) is 0.460. The van der Waals surface area contributed by atoms with Crippen molar-refractivity contribution in [1.82, 2.24) is 0 Å². The minimum atomic E-state index is -2.34. The van der Waals surface area contributed by atoms with Gasteiger partial charge < -0.3 is 33.4 Å². The van der Waals surface area contributed by atoms with Crippen LogP contribution >= 0.6 is 0 Å². The number of carbonyl (C=O) groups is 1. The largest absolute Gasteiger partial charge is 0.462 e. The van der Waals surface area contributed by atoms with Crippen molar-refractivity contribution in [3.05, 3.63) is 57.2 Å². The van der Waals surface area contributed by atoms with E-state index in [0.29, 0.717) is 60.0 Å². The van der Waals surface area contributed by atoms with Crippen molar-refractivity contribution >= 4 is 20.0 Å². The quantitative estimate of drug-likeness (QED) is 0.0949. The van der Waals surface area contributed by atoms with Crippen molar-refractivity contribution in [2.75, 3.05) is 6.61 Å². The zero-order valence-corrected chi connectivity index (χ0v) is 35.4. The van der Waals surface area contributed by atoms with Crippen LogP contribution in [-0.2, 0) is 33.1 Å². The Labute approximate surface area is 328 Å². The number of ether oxygens (including phenoxy) is 4. The summed E-state index contributed by atoms with van der Waals surface area (Å²) < 4.78 is 33.0. The number of allylic oxidation sites excluding steroid dienone is 2. The summed E-state index contributed by atoms with van der Waals surface area (Å²) in [6.07, 6.45) is 15.0. The van der Waals surface area contributed by atoms with E-state index in [1.54, 1.807) is 24.3 Å². The van der Waals surface area contributed by atoms with Crippen molar-refractivity contribution in [3.8, 4) is 0 Å². The second-order valence-electron chi connectivity index (χ2n) is 18.7. The van der Waals surface area contributed by atoms with E-state index in [0.717, 1.165) is 19.3 Å². The van der Waals surface area contributed by atoms with Crippen LogP contribution in [0.5, 0.6) is 0 Å². The molecule has 306 valence electrons. The highest BCUT2D eigenvalue weighted by Crippen LogP contribution is 2.49. The van der Waals surface area contributed by atoms with E-state index < -0.39 is 60.9 Å². The van der Waals surface area contributed by atoms with E-state index >= 15 is 0 Å². The minimum absolute atomic E-state index is 0.0364. The number of hydrogen-bond donors (Lipinski definition) is 1. The van der Waals surface area contributed by atoms with Gasteiger partial charge >= 0.3 is 5.97 Å². The summed E-state index contributed by atoms with van der Waals surface area (Å²) in [6, 6.07) is 0. The first-order valence-corrected chi connectivity index (χ1v) is 23.4. The second-order valence-corrected chi connectivity index (χ2v) is 23.4. The van der Waals surface area contributed by atoms with Crippen molar-refractivity contribution in [1.29, 1.82) is 0 Å². The fourth-order valence-corrected chi connectivity index (χ4v) is 9.81. The van der Waals surface area contributed by atoms with Crippen LogP contribution in [0.15, 0.2) is 52.3 Å². The summed E-state index contributed by atoms with van der Waals surface area (Å²) >= 11 is 0. The molecular weight excluding hydrogens is 721 g/mol. The molecule has 2 aliphatic carbocycles. The van der Waals surface area contributed by atoms with Crippen LogP contribution in [0, 0.1) is 33.8 Å². The second kappa shape index (κ2) is 16.2. The number of carbonyl (C=O) groups excluding carboxylic acids is 1. The first-order chi connectivity index (χ1) is 25.8. The van der Waals surface area contributed by atoms with Gasteiger partial charge in [0, 0.05) is 25.2 Å². The lowest BCUT2D eigenvalue weighted by Gasteiger charge is -2.51. The molecule has 0 unspecified atom stereocenters. The molecule has 0 amide bonds. The molecule has 0 aromatic heterocycles. The normalized spacial score (nSPS) is 41.2. The third-order valence-corrected chi connectivity index (χ3v) is 17.7. The Bertz CT molecular complexity index is 1610. The van der Waals surface area contributed by atoms with E-state index in [-0.39, 0.29) is 23.9 Å². The molecule has 1 saturated carbocycles. The van der Waals surface area contributed by atoms with E-state index in [4.69, 9.17) is 28.3 Å². The minimum Gasteiger partial charge on any atom is -0.462 e. The average Bonchev–Trinajstić information content (AvgIpc) is 3.45. The van der Waals surface area contributed by atoms with Crippen LogP contribution in [-0.4, -0.2) is 78.7 Å². The molecule has 4 aliphatic heterocycles. The number of hydrogen-bond acceptors (Lipinski definition) is 11. The van der Waals surface area contributed by atoms with Crippen LogP contribution in [0.25, 0.3) is 0 Å². The number of fused-ring (bicyclic) bond motifs is 2. The van der Waals surface area contributed by atoms with Gasteiger partial charge in [0.2, 0.25) is 0 Å². The maximum Gasteiger partial charge on any atom is 0.316 e. The molecule has 1 spiro atoms. The smallest absolute Gasteiger partial charge is 0.316 e. The molecule has 3 saturated heterocycles. The highest BCUT2D eigenvalue weighted by molar-refractivity contribution is 6.74. The van der Waals surface area contributed by atoms with Gasteiger partial charge in [0.1, 0.15) is 35.5 Å². The fourth-order valence-electron chi connectivity index (χ4n) is 9.21. The zero-order chi connectivity index (χ0) is 39.9. The zero-order valence-electron chi connectivity index (χ0n) is 34.4. The van der Waals surface area contributed by atoms with E-state index in [2.05, 4.69) is 45.9 Å². The predicted octanol–water partition coefficient (Wildman–Crippen LogP) is 8.30. The lowest BCUT2D eigenvalue weighted by Crippen LogP contribution is -2.58. The molecule has 0 aromatic rings. The maximum atomic E-state index is 14.6. The van der Waals surface area contributed by atoms with Crippen LogP contribution in [0.1, 0.15) is 113 Å². The van der Waals surface area contributed by atoms with Crippen LogP contribution in [0.4, 0.5) is 0 Å². The Hall–Kier alpha value is -2.84. The predicted molar refractivity (Wildman–Crippen MR) is 211 cm³/mol. The average molecular weight is 785 g/mol. The molecule has 12 nitrogen and oxygen atoms in total. The van der Waals surface area contributed by atoms with Gasteiger partial charge in [-0.15, -0.1) is 15.3 Å².